The van der Waals surface area contributed by atoms with Gasteiger partial charge in [-0.3, -0.25) is 9.59 Å². The van der Waals surface area contributed by atoms with Crippen LogP contribution in [0.3, 0.4) is 0 Å². The molecule has 0 spiro atoms. The minimum absolute atomic E-state index is 0. The molecule has 0 radical (unpaired) electrons. The molecule has 8 heteroatoms. The lowest BCUT2D eigenvalue weighted by atomic mass is 9.88. The Bertz CT molecular complexity index is 617. The molecule has 1 aromatic rings. The molecule has 2 fully saturated rings. The number of likely N-dealkylation sites (tertiary alicyclic amines) is 1. The number of hydrogen-bond acceptors (Lipinski definition) is 4. The molecule has 1 atom stereocenters. The van der Waals surface area contributed by atoms with Crippen molar-refractivity contribution >= 4 is 48.0 Å². The van der Waals surface area contributed by atoms with E-state index in [-0.39, 0.29) is 42.5 Å². The standard InChI is InChI=1S/C20H30N4O2.2ClH/c1-15(16-13-21-14-16)20(26)23-18-7-5-17(6-8-18)22-19(25)9-12-24-10-3-2-4-11-24;;/h5-8,15-16,21H,2-4,9-14H2,1H3,(H,22,25)(H,23,26);2*1H. The summed E-state index contributed by atoms with van der Waals surface area (Å²) in [6, 6.07) is 7.35. The Labute approximate surface area is 180 Å². The smallest absolute Gasteiger partial charge is 0.227 e. The van der Waals surface area contributed by atoms with E-state index < -0.39 is 0 Å². The van der Waals surface area contributed by atoms with E-state index in [1.165, 1.54) is 19.3 Å². The van der Waals surface area contributed by atoms with Crippen LogP contribution in [0.25, 0.3) is 0 Å². The Balaban J connectivity index is 0.00000196. The lowest BCUT2D eigenvalue weighted by molar-refractivity contribution is -0.121. The normalized spacial score (nSPS) is 18.0. The summed E-state index contributed by atoms with van der Waals surface area (Å²) >= 11 is 0. The van der Waals surface area contributed by atoms with Gasteiger partial charge in [0.15, 0.2) is 0 Å². The van der Waals surface area contributed by atoms with Crippen molar-refractivity contribution in [2.45, 2.75) is 32.6 Å². The van der Waals surface area contributed by atoms with Crippen molar-refractivity contribution < 1.29 is 9.59 Å². The fourth-order valence-corrected chi connectivity index (χ4v) is 3.44. The zero-order valence-corrected chi connectivity index (χ0v) is 18.0. The number of piperidine rings is 1. The van der Waals surface area contributed by atoms with Gasteiger partial charge < -0.3 is 20.9 Å². The number of benzene rings is 1. The third-order valence-corrected chi connectivity index (χ3v) is 5.47. The topological polar surface area (TPSA) is 73.5 Å². The van der Waals surface area contributed by atoms with E-state index in [1.807, 2.05) is 31.2 Å². The number of amides is 2. The second-order valence-corrected chi connectivity index (χ2v) is 7.47. The van der Waals surface area contributed by atoms with Gasteiger partial charge in [-0.15, -0.1) is 24.8 Å². The molecule has 0 bridgehead atoms. The summed E-state index contributed by atoms with van der Waals surface area (Å²) < 4.78 is 0. The van der Waals surface area contributed by atoms with Crippen LogP contribution < -0.4 is 16.0 Å². The number of hydrogen-bond donors (Lipinski definition) is 3. The lowest BCUT2D eigenvalue weighted by Crippen LogP contribution is -2.48. The van der Waals surface area contributed by atoms with Crippen molar-refractivity contribution in [3.63, 3.8) is 0 Å². The Kier molecular flexibility index (Phi) is 10.8. The summed E-state index contributed by atoms with van der Waals surface area (Å²) in [6.45, 7) is 6.84. The van der Waals surface area contributed by atoms with Gasteiger partial charge in [0.2, 0.25) is 11.8 Å². The van der Waals surface area contributed by atoms with Gasteiger partial charge in [0, 0.05) is 30.3 Å². The summed E-state index contributed by atoms with van der Waals surface area (Å²) in [7, 11) is 0. The predicted molar refractivity (Wildman–Crippen MR) is 119 cm³/mol. The third-order valence-electron chi connectivity index (χ3n) is 5.47. The number of carbonyl (C=O) groups is 2. The third kappa shape index (κ3) is 7.24. The van der Waals surface area contributed by atoms with Crippen LogP contribution >= 0.6 is 24.8 Å². The Morgan fingerprint density at radius 1 is 1.04 bits per heavy atom. The molecule has 0 aliphatic carbocycles. The maximum Gasteiger partial charge on any atom is 0.227 e. The molecule has 1 unspecified atom stereocenters. The van der Waals surface area contributed by atoms with Crippen LogP contribution in [0.2, 0.25) is 0 Å². The molecule has 0 aromatic heterocycles. The minimum Gasteiger partial charge on any atom is -0.326 e. The van der Waals surface area contributed by atoms with E-state index >= 15 is 0 Å². The summed E-state index contributed by atoms with van der Waals surface area (Å²) in [4.78, 5) is 26.7. The van der Waals surface area contributed by atoms with Crippen LogP contribution in [0, 0.1) is 11.8 Å². The van der Waals surface area contributed by atoms with Gasteiger partial charge in [0.05, 0.1) is 0 Å². The largest absolute Gasteiger partial charge is 0.326 e. The molecule has 6 nitrogen and oxygen atoms in total. The minimum atomic E-state index is 0. The summed E-state index contributed by atoms with van der Waals surface area (Å²) in [6.07, 6.45) is 4.31. The van der Waals surface area contributed by atoms with Gasteiger partial charge in [0.25, 0.3) is 0 Å². The van der Waals surface area contributed by atoms with Crippen molar-refractivity contribution in [1.29, 1.82) is 0 Å². The Morgan fingerprint density at radius 3 is 2.14 bits per heavy atom. The fraction of sp³-hybridized carbons (Fsp3) is 0.600. The molecule has 2 aliphatic heterocycles. The fourth-order valence-electron chi connectivity index (χ4n) is 3.44. The van der Waals surface area contributed by atoms with Gasteiger partial charge in [-0.1, -0.05) is 13.3 Å². The first-order valence-electron chi connectivity index (χ1n) is 9.75. The van der Waals surface area contributed by atoms with Crippen LogP contribution in [-0.2, 0) is 9.59 Å². The molecule has 28 heavy (non-hydrogen) atoms. The molecular weight excluding hydrogens is 399 g/mol. The highest BCUT2D eigenvalue weighted by molar-refractivity contribution is 5.94. The lowest BCUT2D eigenvalue weighted by Gasteiger charge is -2.31. The maximum absolute atomic E-state index is 12.2. The van der Waals surface area contributed by atoms with E-state index in [9.17, 15) is 9.59 Å². The second-order valence-electron chi connectivity index (χ2n) is 7.47. The highest BCUT2D eigenvalue weighted by atomic mass is 35.5. The first-order valence-corrected chi connectivity index (χ1v) is 9.75. The van der Waals surface area contributed by atoms with Crippen LogP contribution in [0.5, 0.6) is 0 Å². The van der Waals surface area contributed by atoms with E-state index in [1.54, 1.807) is 0 Å². The van der Waals surface area contributed by atoms with Gasteiger partial charge in [-0.2, -0.15) is 0 Å². The number of nitrogens with zero attached hydrogens (tertiary/aromatic N) is 1. The van der Waals surface area contributed by atoms with Crippen LogP contribution in [0.1, 0.15) is 32.6 Å². The molecular formula is C20H32Cl2N4O2. The van der Waals surface area contributed by atoms with Crippen LogP contribution in [0.15, 0.2) is 24.3 Å². The first kappa shape index (κ1) is 24.7. The van der Waals surface area contributed by atoms with E-state index in [0.29, 0.717) is 12.3 Å². The number of nitrogens with one attached hydrogen (secondary N) is 3. The van der Waals surface area contributed by atoms with E-state index in [0.717, 1.165) is 44.1 Å². The van der Waals surface area contributed by atoms with Crippen molar-refractivity contribution in [3.05, 3.63) is 24.3 Å². The predicted octanol–water partition coefficient (Wildman–Crippen LogP) is 3.14. The number of carbonyl (C=O) groups excluding carboxylic acids is 2. The molecule has 3 rings (SSSR count). The van der Waals surface area contributed by atoms with Crippen molar-refractivity contribution in [1.82, 2.24) is 10.2 Å². The summed E-state index contributed by atoms with van der Waals surface area (Å²) in [5, 5.41) is 9.08. The maximum atomic E-state index is 12.2. The molecule has 2 saturated heterocycles. The van der Waals surface area contributed by atoms with Gasteiger partial charge >= 0.3 is 0 Å². The van der Waals surface area contributed by atoms with Gasteiger partial charge in [-0.25, -0.2) is 0 Å². The van der Waals surface area contributed by atoms with Gasteiger partial charge in [-0.05, 0) is 69.2 Å². The quantitative estimate of drug-likeness (QED) is 0.620. The number of anilines is 2. The molecule has 3 N–H and O–H groups in total. The molecule has 2 amide bonds. The Morgan fingerprint density at radius 2 is 1.61 bits per heavy atom. The average molecular weight is 431 g/mol. The van der Waals surface area contributed by atoms with Crippen molar-refractivity contribution in [2.75, 3.05) is 43.4 Å². The van der Waals surface area contributed by atoms with Crippen molar-refractivity contribution in [2.24, 2.45) is 11.8 Å². The summed E-state index contributed by atoms with van der Waals surface area (Å²) in [5.41, 5.74) is 1.53. The van der Waals surface area contributed by atoms with Crippen molar-refractivity contribution in [3.8, 4) is 0 Å². The first-order chi connectivity index (χ1) is 12.6. The number of rotatable bonds is 7. The highest BCUT2D eigenvalue weighted by Crippen LogP contribution is 2.19. The Hall–Kier alpha value is -1.34. The zero-order chi connectivity index (χ0) is 18.4. The second kappa shape index (κ2) is 12.3. The molecule has 2 aliphatic rings. The van der Waals surface area contributed by atoms with Crippen LogP contribution in [0.4, 0.5) is 11.4 Å². The monoisotopic (exact) mass is 430 g/mol. The molecule has 2 heterocycles. The average Bonchev–Trinajstić information content (AvgIpc) is 2.61. The van der Waals surface area contributed by atoms with Gasteiger partial charge in [0.1, 0.15) is 0 Å². The van der Waals surface area contributed by atoms with E-state index in [4.69, 9.17) is 0 Å². The van der Waals surface area contributed by atoms with Crippen LogP contribution in [-0.4, -0.2) is 49.4 Å². The zero-order valence-electron chi connectivity index (χ0n) is 16.4. The number of halogens is 2. The molecule has 0 saturated carbocycles. The highest BCUT2D eigenvalue weighted by Gasteiger charge is 2.28. The van der Waals surface area contributed by atoms with E-state index in [2.05, 4.69) is 20.9 Å². The molecule has 158 valence electrons. The molecule has 1 aromatic carbocycles. The SMILES string of the molecule is CC(C(=O)Nc1ccc(NC(=O)CCN2CCCCC2)cc1)C1CNC1.Cl.Cl. The summed E-state index contributed by atoms with van der Waals surface area (Å²) in [5.74, 6) is 0.521.